The number of methoxy groups -OCH3 is 1. The zero-order valence-electron chi connectivity index (χ0n) is 19.9. The fraction of sp³-hybridized carbons (Fsp3) is 0.269. The number of amides is 1. The van der Waals surface area contributed by atoms with Crippen molar-refractivity contribution < 1.29 is 9.53 Å². The molecule has 0 spiro atoms. The first kappa shape index (κ1) is 23.9. The standard InChI is InChI=1S/C26H27N5O4/c1-4-18(16-31-25(33)14-13-22(29-31)17-9-11-19(35-3)12-10-17)27-24(32)15-23-20-7-5-6-8-21(20)26(34)30(2)28-23/h5-14,18H,4,15-16H2,1-3H3,(H,27,32)/t18-/m1/s1. The Labute approximate surface area is 202 Å². The number of rotatable bonds is 8. The van der Waals surface area contributed by atoms with Crippen LogP contribution in [0.1, 0.15) is 19.0 Å². The second-order valence-electron chi connectivity index (χ2n) is 8.24. The van der Waals surface area contributed by atoms with E-state index >= 15 is 0 Å². The minimum Gasteiger partial charge on any atom is -0.497 e. The summed E-state index contributed by atoms with van der Waals surface area (Å²) in [6.45, 7) is 2.16. The van der Waals surface area contributed by atoms with Crippen LogP contribution in [0.25, 0.3) is 22.0 Å². The first-order chi connectivity index (χ1) is 16.9. The van der Waals surface area contributed by atoms with Crippen molar-refractivity contribution in [2.45, 2.75) is 32.4 Å². The predicted octanol–water partition coefficient (Wildman–Crippen LogP) is 2.30. The van der Waals surface area contributed by atoms with Gasteiger partial charge in [-0.3, -0.25) is 14.4 Å². The number of hydrogen-bond acceptors (Lipinski definition) is 6. The number of nitrogens with zero attached hydrogens (tertiary/aromatic N) is 4. The smallest absolute Gasteiger partial charge is 0.274 e. The normalized spacial score (nSPS) is 11.9. The van der Waals surface area contributed by atoms with Gasteiger partial charge in [0.2, 0.25) is 5.91 Å². The maximum Gasteiger partial charge on any atom is 0.274 e. The monoisotopic (exact) mass is 473 g/mol. The molecule has 180 valence electrons. The van der Waals surface area contributed by atoms with E-state index in [0.717, 1.165) is 11.3 Å². The molecule has 0 unspecified atom stereocenters. The van der Waals surface area contributed by atoms with Gasteiger partial charge in [-0.25, -0.2) is 9.36 Å². The van der Waals surface area contributed by atoms with Gasteiger partial charge in [-0.2, -0.15) is 10.2 Å². The van der Waals surface area contributed by atoms with Gasteiger partial charge in [0.15, 0.2) is 0 Å². The molecule has 35 heavy (non-hydrogen) atoms. The molecule has 0 saturated heterocycles. The second-order valence-corrected chi connectivity index (χ2v) is 8.24. The number of aryl methyl sites for hydroxylation is 1. The van der Waals surface area contributed by atoms with E-state index in [2.05, 4.69) is 15.5 Å². The molecule has 1 atom stereocenters. The van der Waals surface area contributed by atoms with Crippen LogP contribution in [0, 0.1) is 0 Å². The SMILES string of the molecule is CC[C@H](Cn1nc(-c2ccc(OC)cc2)ccc1=O)NC(=O)Cc1nn(C)c(=O)c2ccccc12. The highest BCUT2D eigenvalue weighted by Crippen LogP contribution is 2.19. The maximum absolute atomic E-state index is 12.9. The van der Waals surface area contributed by atoms with E-state index in [9.17, 15) is 14.4 Å². The van der Waals surface area contributed by atoms with Crippen LogP contribution in [-0.4, -0.2) is 38.6 Å². The predicted molar refractivity (Wildman–Crippen MR) is 133 cm³/mol. The Kier molecular flexibility index (Phi) is 7.05. The van der Waals surface area contributed by atoms with E-state index < -0.39 is 0 Å². The van der Waals surface area contributed by atoms with Gasteiger partial charge >= 0.3 is 0 Å². The molecule has 4 aromatic rings. The Morgan fingerprint density at radius 1 is 1.00 bits per heavy atom. The quantitative estimate of drug-likeness (QED) is 0.421. The molecule has 9 nitrogen and oxygen atoms in total. The van der Waals surface area contributed by atoms with Gasteiger partial charge in [0, 0.05) is 30.1 Å². The molecule has 1 amide bonds. The van der Waals surface area contributed by atoms with Crippen molar-refractivity contribution in [2.24, 2.45) is 7.05 Å². The summed E-state index contributed by atoms with van der Waals surface area (Å²) in [6, 6.07) is 17.4. The number of aromatic nitrogens is 4. The van der Waals surface area contributed by atoms with Crippen LogP contribution in [0.5, 0.6) is 5.75 Å². The molecule has 0 aliphatic carbocycles. The number of carbonyl (C=O) groups is 1. The van der Waals surface area contributed by atoms with Gasteiger partial charge in [-0.1, -0.05) is 25.1 Å². The lowest BCUT2D eigenvalue weighted by Crippen LogP contribution is -2.41. The summed E-state index contributed by atoms with van der Waals surface area (Å²) in [5.74, 6) is 0.490. The number of hydrogen-bond donors (Lipinski definition) is 1. The lowest BCUT2D eigenvalue weighted by atomic mass is 10.1. The van der Waals surface area contributed by atoms with Gasteiger partial charge in [-0.05, 0) is 42.8 Å². The summed E-state index contributed by atoms with van der Waals surface area (Å²) in [6.07, 6.45) is 0.618. The Morgan fingerprint density at radius 2 is 1.71 bits per heavy atom. The van der Waals surface area contributed by atoms with Crippen LogP contribution in [0.3, 0.4) is 0 Å². The number of benzene rings is 2. The van der Waals surface area contributed by atoms with Gasteiger partial charge < -0.3 is 10.1 Å². The Bertz CT molecular complexity index is 1470. The molecule has 4 rings (SSSR count). The number of ether oxygens (including phenoxy) is 1. The summed E-state index contributed by atoms with van der Waals surface area (Å²) in [5.41, 5.74) is 1.56. The summed E-state index contributed by atoms with van der Waals surface area (Å²) in [4.78, 5) is 37.7. The van der Waals surface area contributed by atoms with E-state index in [4.69, 9.17) is 4.74 Å². The largest absolute Gasteiger partial charge is 0.497 e. The van der Waals surface area contributed by atoms with Crippen molar-refractivity contribution in [3.8, 4) is 17.0 Å². The van der Waals surface area contributed by atoms with E-state index in [-0.39, 0.29) is 36.0 Å². The zero-order chi connectivity index (χ0) is 24.9. The number of carbonyl (C=O) groups excluding carboxylic acids is 1. The van der Waals surface area contributed by atoms with Crippen molar-refractivity contribution in [2.75, 3.05) is 7.11 Å². The highest BCUT2D eigenvalue weighted by Gasteiger charge is 2.17. The molecule has 0 aliphatic rings. The lowest BCUT2D eigenvalue weighted by Gasteiger charge is -2.18. The fourth-order valence-electron chi connectivity index (χ4n) is 3.92. The molecule has 1 N–H and O–H groups in total. The molecule has 0 radical (unpaired) electrons. The fourth-order valence-corrected chi connectivity index (χ4v) is 3.92. The third-order valence-corrected chi connectivity index (χ3v) is 5.86. The van der Waals surface area contributed by atoms with Crippen molar-refractivity contribution in [3.05, 3.63) is 87.1 Å². The molecule has 0 aliphatic heterocycles. The van der Waals surface area contributed by atoms with Crippen molar-refractivity contribution in [1.29, 1.82) is 0 Å². The number of nitrogens with one attached hydrogen (secondary N) is 1. The van der Waals surface area contributed by atoms with Crippen LogP contribution in [0.15, 0.2) is 70.3 Å². The molecule has 9 heteroatoms. The van der Waals surface area contributed by atoms with Crippen LogP contribution >= 0.6 is 0 Å². The highest BCUT2D eigenvalue weighted by molar-refractivity contribution is 5.88. The highest BCUT2D eigenvalue weighted by atomic mass is 16.5. The van der Waals surface area contributed by atoms with Crippen LogP contribution in [0.2, 0.25) is 0 Å². The third-order valence-electron chi connectivity index (χ3n) is 5.86. The van der Waals surface area contributed by atoms with E-state index in [1.165, 1.54) is 15.4 Å². The zero-order valence-corrected chi connectivity index (χ0v) is 19.9. The maximum atomic E-state index is 12.9. The lowest BCUT2D eigenvalue weighted by molar-refractivity contribution is -0.121. The second kappa shape index (κ2) is 10.3. The van der Waals surface area contributed by atoms with Crippen molar-refractivity contribution in [3.63, 3.8) is 0 Å². The molecule has 0 saturated carbocycles. The summed E-state index contributed by atoms with van der Waals surface area (Å²) in [7, 11) is 3.17. The van der Waals surface area contributed by atoms with Crippen LogP contribution in [-0.2, 0) is 24.8 Å². The first-order valence-corrected chi connectivity index (χ1v) is 11.4. The molecule has 2 heterocycles. The van der Waals surface area contributed by atoms with Gasteiger partial charge in [0.05, 0.1) is 36.8 Å². The Morgan fingerprint density at radius 3 is 2.40 bits per heavy atom. The van der Waals surface area contributed by atoms with Gasteiger partial charge in [0.25, 0.3) is 11.1 Å². The molecular formula is C26H27N5O4. The van der Waals surface area contributed by atoms with E-state index in [1.807, 2.05) is 37.3 Å². The molecule has 0 fully saturated rings. The van der Waals surface area contributed by atoms with Crippen LogP contribution in [0.4, 0.5) is 0 Å². The summed E-state index contributed by atoms with van der Waals surface area (Å²) < 4.78 is 7.81. The van der Waals surface area contributed by atoms with Crippen molar-refractivity contribution >= 4 is 16.7 Å². The summed E-state index contributed by atoms with van der Waals surface area (Å²) in [5, 5.41) is 13.0. The third kappa shape index (κ3) is 5.29. The molecule has 2 aromatic heterocycles. The minimum atomic E-state index is -0.308. The van der Waals surface area contributed by atoms with E-state index in [0.29, 0.717) is 28.6 Å². The topological polar surface area (TPSA) is 108 Å². The minimum absolute atomic E-state index is 0.0132. The first-order valence-electron chi connectivity index (χ1n) is 11.4. The number of fused-ring (bicyclic) bond motifs is 1. The Balaban J connectivity index is 1.51. The van der Waals surface area contributed by atoms with Crippen molar-refractivity contribution in [1.82, 2.24) is 24.9 Å². The average Bonchev–Trinajstić information content (AvgIpc) is 2.88. The summed E-state index contributed by atoms with van der Waals surface area (Å²) >= 11 is 0. The molecular weight excluding hydrogens is 446 g/mol. The van der Waals surface area contributed by atoms with Crippen LogP contribution < -0.4 is 21.2 Å². The molecule has 2 aromatic carbocycles. The average molecular weight is 474 g/mol. The van der Waals surface area contributed by atoms with Gasteiger partial charge in [0.1, 0.15) is 5.75 Å². The molecule has 0 bridgehead atoms. The van der Waals surface area contributed by atoms with Gasteiger partial charge in [-0.15, -0.1) is 0 Å². The van der Waals surface area contributed by atoms with E-state index in [1.54, 1.807) is 38.4 Å². The Hall–Kier alpha value is -4.27.